The van der Waals surface area contributed by atoms with Crippen LogP contribution in [0.5, 0.6) is 11.5 Å². The van der Waals surface area contributed by atoms with Crippen LogP contribution in [0.4, 0.5) is 8.78 Å². The quantitative estimate of drug-likeness (QED) is 0.660. The van der Waals surface area contributed by atoms with E-state index in [0.29, 0.717) is 36.6 Å². The van der Waals surface area contributed by atoms with Gasteiger partial charge in [0.25, 0.3) is 5.91 Å². The second-order valence-electron chi connectivity index (χ2n) is 6.76. The summed E-state index contributed by atoms with van der Waals surface area (Å²) in [4.78, 5) is 12.9. The third-order valence-corrected chi connectivity index (χ3v) is 4.75. The van der Waals surface area contributed by atoms with Crippen LogP contribution in [-0.2, 0) is 4.79 Å². The number of likely N-dealkylation sites (tertiary alicyclic amines) is 1. The molecule has 1 fully saturated rings. The molecule has 2 aromatic carbocycles. The van der Waals surface area contributed by atoms with Crippen LogP contribution in [0, 0.1) is 11.7 Å². The molecule has 144 valence electrons. The Morgan fingerprint density at radius 2 is 2.11 bits per heavy atom. The minimum atomic E-state index is -0.965. The molecule has 0 spiro atoms. The van der Waals surface area contributed by atoms with Gasteiger partial charge in [-0.05, 0) is 35.4 Å². The first-order chi connectivity index (χ1) is 13.4. The van der Waals surface area contributed by atoms with E-state index in [0.717, 1.165) is 10.9 Å². The zero-order valence-corrected chi connectivity index (χ0v) is 14.8. The Labute approximate surface area is 159 Å². The van der Waals surface area contributed by atoms with Crippen LogP contribution in [0.3, 0.4) is 0 Å². The van der Waals surface area contributed by atoms with Gasteiger partial charge in [-0.25, -0.2) is 8.78 Å². The van der Waals surface area contributed by atoms with Crippen LogP contribution in [0.1, 0.15) is 0 Å². The molecule has 8 heteroatoms. The van der Waals surface area contributed by atoms with Crippen molar-refractivity contribution in [1.29, 1.82) is 0 Å². The number of carbonyl (C=O) groups excluding carboxylic acids is 1. The molecule has 2 heterocycles. The van der Waals surface area contributed by atoms with Gasteiger partial charge in [0.1, 0.15) is 5.75 Å². The molecule has 1 aliphatic rings. The maximum atomic E-state index is 13.7. The third kappa shape index (κ3) is 3.28. The summed E-state index contributed by atoms with van der Waals surface area (Å²) in [6, 6.07) is 7.74. The highest BCUT2D eigenvalue weighted by Gasteiger charge is 2.32. The van der Waals surface area contributed by atoms with Crippen molar-refractivity contribution in [3.05, 3.63) is 54.8 Å². The molecule has 1 aromatic heterocycles. The van der Waals surface area contributed by atoms with E-state index in [1.165, 1.54) is 17.0 Å². The number of nitrogens with zero attached hydrogens (tertiary/aromatic N) is 2. The molecule has 2 N–H and O–H groups in total. The summed E-state index contributed by atoms with van der Waals surface area (Å²) in [6.07, 6.45) is 1.63. The number of H-pyrrole nitrogens is 1. The van der Waals surface area contributed by atoms with Crippen molar-refractivity contribution in [1.82, 2.24) is 15.1 Å². The fourth-order valence-corrected chi connectivity index (χ4v) is 3.21. The van der Waals surface area contributed by atoms with Gasteiger partial charge < -0.3 is 14.7 Å². The number of carbonyl (C=O) groups is 1. The smallest absolute Gasteiger partial charge is 0.281 e. The Balaban J connectivity index is 1.52. The predicted molar refractivity (Wildman–Crippen MR) is 99.0 cm³/mol. The number of amides is 1. The number of halogens is 2. The highest BCUT2D eigenvalue weighted by molar-refractivity contribution is 5.91. The van der Waals surface area contributed by atoms with E-state index in [1.54, 1.807) is 18.3 Å². The number of hydrogen-bond donors (Lipinski definition) is 2. The highest BCUT2D eigenvalue weighted by Crippen LogP contribution is 2.33. The van der Waals surface area contributed by atoms with Gasteiger partial charge in [0.2, 0.25) is 0 Å². The second-order valence-corrected chi connectivity index (χ2v) is 6.76. The largest absolute Gasteiger partial charge is 0.505 e. The molecule has 1 amide bonds. The number of phenolic OH excluding ortho intramolecular Hbond substituents is 1. The van der Waals surface area contributed by atoms with Gasteiger partial charge in [0.05, 0.1) is 23.7 Å². The molecule has 1 saturated heterocycles. The van der Waals surface area contributed by atoms with Crippen LogP contribution in [0.25, 0.3) is 22.0 Å². The lowest BCUT2D eigenvalue weighted by atomic mass is 10.0. The van der Waals surface area contributed by atoms with Gasteiger partial charge in [0, 0.05) is 19.0 Å². The van der Waals surface area contributed by atoms with Gasteiger partial charge >= 0.3 is 0 Å². The van der Waals surface area contributed by atoms with E-state index < -0.39 is 23.3 Å². The van der Waals surface area contributed by atoms with Crippen LogP contribution in [-0.4, -0.2) is 45.8 Å². The first-order valence-electron chi connectivity index (χ1n) is 8.65. The monoisotopic (exact) mass is 385 g/mol. The average Bonchev–Trinajstić information content (AvgIpc) is 3.11. The van der Waals surface area contributed by atoms with Crippen molar-refractivity contribution in [3.8, 4) is 22.6 Å². The fraction of sp³-hybridized carbons (Fsp3) is 0.200. The number of hydrogen-bond acceptors (Lipinski definition) is 4. The first kappa shape index (κ1) is 18.0. The number of benzene rings is 2. The summed E-state index contributed by atoms with van der Waals surface area (Å²) in [5, 5.41) is 17.0. The molecule has 0 radical (unpaired) electrons. The van der Waals surface area contributed by atoms with Gasteiger partial charge in [0.15, 0.2) is 17.4 Å². The zero-order chi connectivity index (χ0) is 19.8. The number of aromatic hydroxyl groups is 1. The van der Waals surface area contributed by atoms with E-state index in [2.05, 4.69) is 16.8 Å². The Bertz CT molecular complexity index is 1070. The second kappa shape index (κ2) is 6.95. The Morgan fingerprint density at radius 3 is 2.82 bits per heavy atom. The number of phenols is 1. The lowest BCUT2D eigenvalue weighted by molar-refractivity contribution is -0.135. The van der Waals surface area contributed by atoms with Crippen molar-refractivity contribution >= 4 is 16.8 Å². The molecule has 0 aliphatic carbocycles. The number of fused-ring (bicyclic) bond motifs is 1. The number of ether oxygens (including phenoxy) is 1. The zero-order valence-electron chi connectivity index (χ0n) is 14.8. The van der Waals surface area contributed by atoms with Crippen molar-refractivity contribution in [3.63, 3.8) is 0 Å². The summed E-state index contributed by atoms with van der Waals surface area (Å²) >= 11 is 0. The summed E-state index contributed by atoms with van der Waals surface area (Å²) in [6.45, 7) is 4.16. The van der Waals surface area contributed by atoms with Crippen LogP contribution < -0.4 is 4.74 Å². The van der Waals surface area contributed by atoms with Gasteiger partial charge in [-0.2, -0.15) is 5.10 Å². The van der Waals surface area contributed by atoms with Crippen LogP contribution >= 0.6 is 0 Å². The minimum Gasteiger partial charge on any atom is -0.505 e. The van der Waals surface area contributed by atoms with Gasteiger partial charge in [-0.3, -0.25) is 9.89 Å². The van der Waals surface area contributed by atoms with E-state index in [-0.39, 0.29) is 5.92 Å². The summed E-state index contributed by atoms with van der Waals surface area (Å²) < 4.78 is 32.5. The maximum absolute atomic E-state index is 13.7. The van der Waals surface area contributed by atoms with E-state index >= 15 is 0 Å². The summed E-state index contributed by atoms with van der Waals surface area (Å²) in [7, 11) is 0. The number of rotatable bonds is 5. The minimum absolute atomic E-state index is 0.0834. The molecule has 6 nitrogen and oxygen atoms in total. The van der Waals surface area contributed by atoms with Gasteiger partial charge in [-0.1, -0.05) is 12.6 Å². The predicted octanol–water partition coefficient (Wildman–Crippen LogP) is 3.40. The topological polar surface area (TPSA) is 78.5 Å². The third-order valence-electron chi connectivity index (χ3n) is 4.75. The Morgan fingerprint density at radius 1 is 1.32 bits per heavy atom. The van der Waals surface area contributed by atoms with E-state index in [9.17, 15) is 18.7 Å². The number of aromatic nitrogens is 2. The maximum Gasteiger partial charge on any atom is 0.281 e. The van der Waals surface area contributed by atoms with Crippen LogP contribution in [0.15, 0.2) is 48.9 Å². The van der Waals surface area contributed by atoms with Crippen molar-refractivity contribution in [2.75, 3.05) is 19.7 Å². The molecule has 0 unspecified atom stereocenters. The Hall–Kier alpha value is -3.42. The molecule has 0 bridgehead atoms. The lowest BCUT2D eigenvalue weighted by Crippen LogP contribution is -2.52. The molecule has 3 aromatic rings. The summed E-state index contributed by atoms with van der Waals surface area (Å²) in [5.41, 5.74) is 2.00. The van der Waals surface area contributed by atoms with Crippen molar-refractivity contribution in [2.45, 2.75) is 0 Å². The molecular formula is C20H17F2N3O3. The SMILES string of the molecule is C=C(F)C(=O)N1CC(COc2cc(-c3ccc(O)c(F)c3)cc3[nH]ncc23)C1. The molecule has 0 saturated carbocycles. The molecule has 4 rings (SSSR count). The standard InChI is InChI=1S/C20H17F2N3O3/c1-11(21)20(27)25-8-12(9-25)10-28-19-6-14(5-17-15(19)7-23-24-17)13-2-3-18(26)16(22)4-13/h2-7,12,26H,1,8-10H2,(H,23,24). The Kier molecular flexibility index (Phi) is 4.46. The molecule has 28 heavy (non-hydrogen) atoms. The van der Waals surface area contributed by atoms with Gasteiger partial charge in [-0.15, -0.1) is 0 Å². The number of nitrogens with one attached hydrogen (secondary N) is 1. The first-order valence-corrected chi connectivity index (χ1v) is 8.65. The normalized spacial score (nSPS) is 14.1. The average molecular weight is 385 g/mol. The van der Waals surface area contributed by atoms with Crippen LogP contribution in [0.2, 0.25) is 0 Å². The molecule has 1 aliphatic heterocycles. The van der Waals surface area contributed by atoms with Crippen molar-refractivity contribution < 1.29 is 23.4 Å². The highest BCUT2D eigenvalue weighted by atomic mass is 19.1. The molecular weight excluding hydrogens is 368 g/mol. The van der Waals surface area contributed by atoms with E-state index in [4.69, 9.17) is 4.74 Å². The summed E-state index contributed by atoms with van der Waals surface area (Å²) in [5.74, 6) is -2.13. The van der Waals surface area contributed by atoms with Crippen molar-refractivity contribution in [2.24, 2.45) is 5.92 Å². The molecule has 0 atom stereocenters. The lowest BCUT2D eigenvalue weighted by Gasteiger charge is -2.38. The number of aromatic amines is 1. The van der Waals surface area contributed by atoms with E-state index in [1.807, 2.05) is 6.07 Å². The fourth-order valence-electron chi connectivity index (χ4n) is 3.21.